The zero-order chi connectivity index (χ0) is 13.4. The Balaban J connectivity index is -0.000000179. The number of hydrogen-bond acceptors (Lipinski definition) is 4. The quantitative estimate of drug-likeness (QED) is 0.327. The lowest BCUT2D eigenvalue weighted by Crippen LogP contribution is -1.95. The first kappa shape index (κ1) is 19.9. The molecule has 0 amide bonds. The maximum absolute atomic E-state index is 8.56. The maximum atomic E-state index is 8.56. The predicted octanol–water partition coefficient (Wildman–Crippen LogP) is 2.20. The van der Waals surface area contributed by atoms with Gasteiger partial charge in [-0.25, -0.2) is 19.4 Å². The summed E-state index contributed by atoms with van der Waals surface area (Å²) in [5.74, 6) is 0. The molecule has 0 rings (SSSR count). The first-order valence-corrected chi connectivity index (χ1v) is 4.46. The smallest absolute Gasteiger partial charge is 0.450 e. The Bertz CT molecular complexity index is 132. The summed E-state index contributed by atoms with van der Waals surface area (Å²) in [6.45, 7) is 5.52. The van der Waals surface area contributed by atoms with E-state index in [0.29, 0.717) is 13.2 Å². The van der Waals surface area contributed by atoms with E-state index >= 15 is 0 Å². The summed E-state index contributed by atoms with van der Waals surface area (Å²) in [5, 5.41) is 27.9. The van der Waals surface area contributed by atoms with E-state index in [1.54, 1.807) is 0 Å². The Morgan fingerprint density at radius 3 is 1.12 bits per heavy atom. The van der Waals surface area contributed by atoms with E-state index in [1.807, 2.05) is 0 Å². The minimum Gasteiger partial charge on any atom is -0.450 e. The largest absolute Gasteiger partial charge is 0.503 e. The molecule has 0 saturated heterocycles. The number of carbonyl (C=O) groups is 2. The molecule has 0 aromatic carbocycles. The first-order valence-electron chi connectivity index (χ1n) is 4.46. The third kappa shape index (κ3) is 137. The molecule has 0 heterocycles. The van der Waals surface area contributed by atoms with Gasteiger partial charge in [-0.2, -0.15) is 0 Å². The van der Waals surface area contributed by atoms with Crippen molar-refractivity contribution in [3.63, 3.8) is 0 Å². The van der Waals surface area contributed by atoms with Gasteiger partial charge >= 0.3 is 12.3 Å². The van der Waals surface area contributed by atoms with E-state index in [0.717, 1.165) is 12.8 Å². The Labute approximate surface area is 93.0 Å². The third-order valence-electron chi connectivity index (χ3n) is 0.658. The highest BCUT2D eigenvalue weighted by molar-refractivity contribution is 5.53. The van der Waals surface area contributed by atoms with Gasteiger partial charge in [0.15, 0.2) is 0 Å². The Morgan fingerprint density at radius 2 is 1.00 bits per heavy atom. The second-order valence-corrected chi connectivity index (χ2v) is 2.21. The average Bonchev–Trinajstić information content (AvgIpc) is 2.11. The summed E-state index contributed by atoms with van der Waals surface area (Å²) >= 11 is 0. The van der Waals surface area contributed by atoms with Crippen LogP contribution >= 0.6 is 0 Å². The van der Waals surface area contributed by atoms with Crippen molar-refractivity contribution in [3.05, 3.63) is 0 Å². The van der Waals surface area contributed by atoms with Crippen LogP contribution in [-0.2, 0) is 9.78 Å². The zero-order valence-electron chi connectivity index (χ0n) is 9.25. The lowest BCUT2D eigenvalue weighted by atomic mass is 10.5. The van der Waals surface area contributed by atoms with Crippen molar-refractivity contribution in [1.82, 2.24) is 0 Å². The minimum atomic E-state index is -1.83. The first-order chi connectivity index (χ1) is 7.38. The highest BCUT2D eigenvalue weighted by Gasteiger charge is 1.81. The monoisotopic (exact) mass is 242 g/mol. The van der Waals surface area contributed by atoms with Crippen LogP contribution in [-0.4, -0.2) is 46.0 Å². The fourth-order valence-electron chi connectivity index (χ4n) is 0.285. The minimum absolute atomic E-state index is 0.708. The molecule has 8 heteroatoms. The van der Waals surface area contributed by atoms with Crippen LogP contribution in [0.25, 0.3) is 0 Å². The number of rotatable bonds is 5. The maximum Gasteiger partial charge on any atom is 0.503 e. The van der Waals surface area contributed by atoms with Gasteiger partial charge in [-0.15, -0.1) is 0 Å². The molecule has 0 aromatic rings. The number of carboxylic acid groups (broad SMARTS) is 4. The topological polar surface area (TPSA) is 134 Å². The van der Waals surface area contributed by atoms with Gasteiger partial charge in [-0.05, 0) is 12.8 Å². The summed E-state index contributed by atoms with van der Waals surface area (Å²) in [5.41, 5.74) is 0. The lowest BCUT2D eigenvalue weighted by Gasteiger charge is -1.97. The fourth-order valence-corrected chi connectivity index (χ4v) is 0.285. The molecule has 0 bridgehead atoms. The van der Waals surface area contributed by atoms with Gasteiger partial charge in [0.05, 0.1) is 13.2 Å². The molecule has 8 nitrogen and oxygen atoms in total. The summed E-state index contributed by atoms with van der Waals surface area (Å²) < 4.78 is 0. The highest BCUT2D eigenvalue weighted by Crippen LogP contribution is 1.83. The Morgan fingerprint density at radius 1 is 0.812 bits per heavy atom. The Kier molecular flexibility index (Phi) is 23.8. The summed E-state index contributed by atoms with van der Waals surface area (Å²) in [4.78, 5) is 26.6. The van der Waals surface area contributed by atoms with E-state index in [9.17, 15) is 0 Å². The van der Waals surface area contributed by atoms with Gasteiger partial charge in [0.25, 0.3) is 0 Å². The van der Waals surface area contributed by atoms with Crippen LogP contribution in [0.15, 0.2) is 0 Å². The number of hydrogen-bond donors (Lipinski definition) is 4. The molecule has 0 aliphatic rings. The summed E-state index contributed by atoms with van der Waals surface area (Å²) in [7, 11) is 0. The van der Waals surface area contributed by atoms with Gasteiger partial charge in [-0.1, -0.05) is 13.8 Å². The van der Waals surface area contributed by atoms with Crippen molar-refractivity contribution in [2.75, 3.05) is 13.2 Å². The van der Waals surface area contributed by atoms with Gasteiger partial charge in [0.2, 0.25) is 0 Å². The molecule has 0 fully saturated rings. The standard InChI is InChI=1S/C6H14O2.2CH2O3/c1-3-5-7-8-6-4-2;2*2-1(3)4/h3-6H2,1-2H3;2*(H2,2,3,4). The third-order valence-corrected chi connectivity index (χ3v) is 0.658. The molecule has 0 aliphatic carbocycles. The van der Waals surface area contributed by atoms with Crippen LogP contribution in [0.3, 0.4) is 0 Å². The molecule has 0 spiro atoms. The van der Waals surface area contributed by atoms with E-state index in [1.165, 1.54) is 0 Å². The molecule has 0 atom stereocenters. The van der Waals surface area contributed by atoms with Crippen molar-refractivity contribution in [3.8, 4) is 0 Å². The molecule has 0 unspecified atom stereocenters. The van der Waals surface area contributed by atoms with Crippen LogP contribution in [0, 0.1) is 0 Å². The second kappa shape index (κ2) is 19.1. The lowest BCUT2D eigenvalue weighted by molar-refractivity contribution is -0.294. The van der Waals surface area contributed by atoms with E-state index in [-0.39, 0.29) is 0 Å². The van der Waals surface area contributed by atoms with E-state index in [4.69, 9.17) is 39.8 Å². The Hall–Kier alpha value is -1.54. The molecule has 0 radical (unpaired) electrons. The molecule has 0 aliphatic heterocycles. The second-order valence-electron chi connectivity index (χ2n) is 2.21. The predicted molar refractivity (Wildman–Crippen MR) is 53.8 cm³/mol. The fraction of sp³-hybridized carbons (Fsp3) is 0.750. The van der Waals surface area contributed by atoms with Gasteiger partial charge in [0, 0.05) is 0 Å². The van der Waals surface area contributed by atoms with Crippen molar-refractivity contribution in [1.29, 1.82) is 0 Å². The molecule has 16 heavy (non-hydrogen) atoms. The SMILES string of the molecule is CCCOOCCC.O=C(O)O.O=C(O)O. The van der Waals surface area contributed by atoms with Gasteiger partial charge in [0.1, 0.15) is 0 Å². The van der Waals surface area contributed by atoms with Crippen LogP contribution < -0.4 is 0 Å². The molecular formula is C8H18O8. The van der Waals surface area contributed by atoms with E-state index in [2.05, 4.69) is 13.8 Å². The molecule has 0 saturated carbocycles. The summed E-state index contributed by atoms with van der Waals surface area (Å²) in [6, 6.07) is 0. The molecule has 0 aromatic heterocycles. The normalized spacial score (nSPS) is 7.88. The van der Waals surface area contributed by atoms with Crippen molar-refractivity contribution in [2.45, 2.75) is 26.7 Å². The molecule has 4 N–H and O–H groups in total. The highest BCUT2D eigenvalue weighted by atomic mass is 17.2. The molecule has 98 valence electrons. The average molecular weight is 242 g/mol. The molecular weight excluding hydrogens is 224 g/mol. The van der Waals surface area contributed by atoms with Crippen molar-refractivity contribution < 1.29 is 39.8 Å². The van der Waals surface area contributed by atoms with E-state index < -0.39 is 12.3 Å². The van der Waals surface area contributed by atoms with Crippen LogP contribution in [0.4, 0.5) is 9.59 Å². The van der Waals surface area contributed by atoms with Crippen molar-refractivity contribution in [2.24, 2.45) is 0 Å². The summed E-state index contributed by atoms with van der Waals surface area (Å²) in [6.07, 6.45) is -1.63. The van der Waals surface area contributed by atoms with Crippen LogP contribution in [0.2, 0.25) is 0 Å². The van der Waals surface area contributed by atoms with Crippen LogP contribution in [0.1, 0.15) is 26.7 Å². The van der Waals surface area contributed by atoms with Gasteiger partial charge < -0.3 is 20.4 Å². The zero-order valence-corrected chi connectivity index (χ0v) is 9.25. The van der Waals surface area contributed by atoms with Crippen LogP contribution in [0.5, 0.6) is 0 Å². The van der Waals surface area contributed by atoms with Crippen molar-refractivity contribution >= 4 is 12.3 Å². The van der Waals surface area contributed by atoms with Gasteiger partial charge in [-0.3, -0.25) is 0 Å².